The summed E-state index contributed by atoms with van der Waals surface area (Å²) < 4.78 is 23.8. The van der Waals surface area contributed by atoms with E-state index in [1.807, 2.05) is 0 Å². The molecule has 0 atom stereocenters. The molecule has 0 aromatic heterocycles. The summed E-state index contributed by atoms with van der Waals surface area (Å²) in [5.41, 5.74) is 0. The van der Waals surface area contributed by atoms with Crippen LogP contribution in [0.4, 0.5) is 0 Å². The van der Waals surface area contributed by atoms with Gasteiger partial charge in [0.15, 0.2) is 0 Å². The van der Waals surface area contributed by atoms with E-state index in [4.69, 9.17) is 11.6 Å². The number of piperidine rings is 1. The number of halogens is 1. The third-order valence-electron chi connectivity index (χ3n) is 2.47. The zero-order valence-electron chi connectivity index (χ0n) is 8.52. The Morgan fingerprint density at radius 1 is 1.40 bits per heavy atom. The summed E-state index contributed by atoms with van der Waals surface area (Å²) in [6, 6.07) is 0. The molecule has 0 aromatic carbocycles. The number of allylic oxidation sites excluding steroid dienone is 2. The molecule has 0 saturated carbocycles. The summed E-state index contributed by atoms with van der Waals surface area (Å²) in [7, 11) is -3.06. The van der Waals surface area contributed by atoms with Crippen molar-refractivity contribution in [1.29, 1.82) is 0 Å². The number of hydrogen-bond acceptors (Lipinski definition) is 3. The SMILES string of the molecule is CS(=O)(=O)N1CCC(/C=C/C(=O)Cl)CC1. The molecule has 1 heterocycles. The highest BCUT2D eigenvalue weighted by molar-refractivity contribution is 7.88. The lowest BCUT2D eigenvalue weighted by Crippen LogP contribution is -2.37. The lowest BCUT2D eigenvalue weighted by atomic mass is 9.98. The van der Waals surface area contributed by atoms with Crippen LogP contribution in [0.15, 0.2) is 12.2 Å². The fourth-order valence-electron chi connectivity index (χ4n) is 1.61. The van der Waals surface area contributed by atoms with Gasteiger partial charge in [-0.15, -0.1) is 0 Å². The van der Waals surface area contributed by atoms with E-state index in [-0.39, 0.29) is 5.92 Å². The minimum Gasteiger partial charge on any atom is -0.276 e. The Labute approximate surface area is 94.9 Å². The minimum absolute atomic E-state index is 0.255. The molecule has 1 aliphatic heterocycles. The number of nitrogens with zero attached hydrogens (tertiary/aromatic N) is 1. The van der Waals surface area contributed by atoms with Gasteiger partial charge < -0.3 is 0 Å². The number of carbonyl (C=O) groups is 1. The van der Waals surface area contributed by atoms with Gasteiger partial charge in [-0.25, -0.2) is 12.7 Å². The Morgan fingerprint density at radius 3 is 2.33 bits per heavy atom. The molecular weight excluding hydrogens is 238 g/mol. The van der Waals surface area contributed by atoms with Crippen LogP contribution in [0.5, 0.6) is 0 Å². The molecule has 1 fully saturated rings. The van der Waals surface area contributed by atoms with Crippen molar-refractivity contribution in [2.75, 3.05) is 19.3 Å². The Hall–Kier alpha value is -0.390. The Kier molecular flexibility index (Phi) is 4.31. The Morgan fingerprint density at radius 2 is 1.93 bits per heavy atom. The molecule has 0 aliphatic carbocycles. The van der Waals surface area contributed by atoms with Gasteiger partial charge in [-0.1, -0.05) is 6.08 Å². The lowest BCUT2D eigenvalue weighted by Gasteiger charge is -2.28. The van der Waals surface area contributed by atoms with Crippen LogP contribution in [-0.4, -0.2) is 37.3 Å². The Bertz CT molecular complexity index is 356. The zero-order chi connectivity index (χ0) is 11.5. The molecule has 0 aromatic rings. The highest BCUT2D eigenvalue weighted by atomic mass is 35.5. The first-order valence-corrected chi connectivity index (χ1v) is 6.95. The van der Waals surface area contributed by atoms with Crippen molar-refractivity contribution in [2.45, 2.75) is 12.8 Å². The summed E-state index contributed by atoms with van der Waals surface area (Å²) in [4.78, 5) is 10.5. The summed E-state index contributed by atoms with van der Waals surface area (Å²) in [5.74, 6) is 0.255. The van der Waals surface area contributed by atoms with Crippen molar-refractivity contribution in [3.05, 3.63) is 12.2 Å². The molecule has 15 heavy (non-hydrogen) atoms. The molecule has 1 aliphatic rings. The largest absolute Gasteiger partial charge is 0.276 e. The van der Waals surface area contributed by atoms with Gasteiger partial charge in [0.1, 0.15) is 0 Å². The third kappa shape index (κ3) is 4.32. The molecule has 4 nitrogen and oxygen atoms in total. The standard InChI is InChI=1S/C9H14ClNO3S/c1-15(13,14)11-6-4-8(5-7-11)2-3-9(10)12/h2-3,8H,4-7H2,1H3/b3-2+. The summed E-state index contributed by atoms with van der Waals surface area (Å²) in [6.07, 6.45) is 5.80. The molecule has 0 spiro atoms. The first kappa shape index (κ1) is 12.7. The van der Waals surface area contributed by atoms with Crippen LogP contribution in [0.2, 0.25) is 0 Å². The van der Waals surface area contributed by atoms with Crippen molar-refractivity contribution in [3.63, 3.8) is 0 Å². The number of rotatable bonds is 3. The van der Waals surface area contributed by atoms with E-state index >= 15 is 0 Å². The topological polar surface area (TPSA) is 54.5 Å². The maximum absolute atomic E-state index is 11.2. The molecule has 1 rings (SSSR count). The quantitative estimate of drug-likeness (QED) is 0.555. The van der Waals surface area contributed by atoms with E-state index in [0.717, 1.165) is 12.8 Å². The predicted octanol–water partition coefficient (Wildman–Crippen LogP) is 0.980. The van der Waals surface area contributed by atoms with Crippen molar-refractivity contribution < 1.29 is 13.2 Å². The first-order chi connectivity index (χ1) is 6.89. The smallest absolute Gasteiger partial charge is 0.244 e. The van der Waals surface area contributed by atoms with E-state index in [1.54, 1.807) is 6.08 Å². The van der Waals surface area contributed by atoms with E-state index < -0.39 is 15.3 Å². The van der Waals surface area contributed by atoms with Gasteiger partial charge in [0, 0.05) is 13.1 Å². The van der Waals surface area contributed by atoms with E-state index in [9.17, 15) is 13.2 Å². The maximum Gasteiger partial charge on any atom is 0.244 e. The first-order valence-electron chi connectivity index (χ1n) is 4.72. The van der Waals surface area contributed by atoms with Gasteiger partial charge in [0.2, 0.25) is 15.3 Å². The zero-order valence-corrected chi connectivity index (χ0v) is 10.1. The number of hydrogen-bond donors (Lipinski definition) is 0. The number of sulfonamides is 1. The van der Waals surface area contributed by atoms with Crippen molar-refractivity contribution >= 4 is 26.9 Å². The van der Waals surface area contributed by atoms with E-state index in [0.29, 0.717) is 13.1 Å². The normalized spacial score (nSPS) is 20.9. The molecule has 0 unspecified atom stereocenters. The van der Waals surface area contributed by atoms with Crippen LogP contribution in [0.3, 0.4) is 0 Å². The fourth-order valence-corrected chi connectivity index (χ4v) is 2.56. The van der Waals surface area contributed by atoms with Crippen LogP contribution >= 0.6 is 11.6 Å². The van der Waals surface area contributed by atoms with Gasteiger partial charge in [-0.2, -0.15) is 0 Å². The summed E-state index contributed by atoms with van der Waals surface area (Å²) >= 11 is 5.17. The van der Waals surface area contributed by atoms with Crippen LogP contribution in [-0.2, 0) is 14.8 Å². The molecular formula is C9H14ClNO3S. The van der Waals surface area contributed by atoms with Crippen LogP contribution < -0.4 is 0 Å². The Balaban J connectivity index is 2.46. The monoisotopic (exact) mass is 251 g/mol. The van der Waals surface area contributed by atoms with Crippen molar-refractivity contribution in [2.24, 2.45) is 5.92 Å². The predicted molar refractivity (Wildman–Crippen MR) is 59.1 cm³/mol. The molecule has 1 saturated heterocycles. The number of carbonyl (C=O) groups excluding carboxylic acids is 1. The maximum atomic E-state index is 11.2. The second-order valence-electron chi connectivity index (χ2n) is 3.66. The summed E-state index contributed by atoms with van der Waals surface area (Å²) in [5, 5.41) is -0.486. The van der Waals surface area contributed by atoms with Gasteiger partial charge in [-0.05, 0) is 36.4 Å². The van der Waals surface area contributed by atoms with Crippen LogP contribution in [0, 0.1) is 5.92 Å². The molecule has 0 bridgehead atoms. The van der Waals surface area contributed by atoms with Gasteiger partial charge in [0.05, 0.1) is 6.26 Å². The second kappa shape index (κ2) is 5.09. The van der Waals surface area contributed by atoms with Crippen molar-refractivity contribution in [1.82, 2.24) is 4.31 Å². The van der Waals surface area contributed by atoms with E-state index in [2.05, 4.69) is 0 Å². The molecule has 86 valence electrons. The van der Waals surface area contributed by atoms with Crippen molar-refractivity contribution in [3.8, 4) is 0 Å². The molecule has 0 amide bonds. The van der Waals surface area contributed by atoms with Gasteiger partial charge >= 0.3 is 0 Å². The van der Waals surface area contributed by atoms with Crippen LogP contribution in [0.25, 0.3) is 0 Å². The minimum atomic E-state index is -3.06. The van der Waals surface area contributed by atoms with E-state index in [1.165, 1.54) is 16.6 Å². The highest BCUT2D eigenvalue weighted by Gasteiger charge is 2.23. The van der Waals surface area contributed by atoms with Crippen LogP contribution in [0.1, 0.15) is 12.8 Å². The average Bonchev–Trinajstić information content (AvgIpc) is 2.14. The highest BCUT2D eigenvalue weighted by Crippen LogP contribution is 2.20. The molecule has 0 radical (unpaired) electrons. The average molecular weight is 252 g/mol. The molecule has 6 heteroatoms. The molecule has 0 N–H and O–H groups in total. The summed E-state index contributed by atoms with van der Waals surface area (Å²) in [6.45, 7) is 1.04. The fraction of sp³-hybridized carbons (Fsp3) is 0.667. The van der Waals surface area contributed by atoms with Gasteiger partial charge in [-0.3, -0.25) is 4.79 Å². The van der Waals surface area contributed by atoms with Gasteiger partial charge in [0.25, 0.3) is 0 Å². The second-order valence-corrected chi connectivity index (χ2v) is 6.02. The lowest BCUT2D eigenvalue weighted by molar-refractivity contribution is -0.107. The third-order valence-corrected chi connectivity index (χ3v) is 3.90.